The number of benzene rings is 1. The van der Waals surface area contributed by atoms with E-state index in [0.29, 0.717) is 18.8 Å². The summed E-state index contributed by atoms with van der Waals surface area (Å²) in [6, 6.07) is 13.5. The molecule has 6 nitrogen and oxygen atoms in total. The molecule has 140 valence electrons. The van der Waals surface area contributed by atoms with E-state index in [2.05, 4.69) is 27.5 Å². The zero-order valence-corrected chi connectivity index (χ0v) is 16.0. The van der Waals surface area contributed by atoms with Gasteiger partial charge < -0.3 is 10.1 Å². The standard InChI is InChI=1S/C20H21ClN4O2/c1-14-17(15(2)25(24-14)12-16-7-4-3-5-8-16)11-23-19(26)13-27-18-9-6-10-22-20(18)21/h3-10H,11-13H2,1-2H3,(H,23,26). The third-order valence-electron chi connectivity index (χ3n) is 4.25. The molecular formula is C20H21ClN4O2. The number of nitrogens with one attached hydrogen (secondary N) is 1. The number of rotatable bonds is 7. The summed E-state index contributed by atoms with van der Waals surface area (Å²) in [7, 11) is 0. The molecule has 1 N–H and O–H groups in total. The van der Waals surface area contributed by atoms with E-state index in [9.17, 15) is 4.79 Å². The number of hydrogen-bond acceptors (Lipinski definition) is 4. The first-order chi connectivity index (χ1) is 13.0. The van der Waals surface area contributed by atoms with Gasteiger partial charge in [0.2, 0.25) is 0 Å². The van der Waals surface area contributed by atoms with Crippen LogP contribution >= 0.6 is 11.6 Å². The van der Waals surface area contributed by atoms with Gasteiger partial charge in [-0.3, -0.25) is 9.48 Å². The molecule has 0 spiro atoms. The number of amides is 1. The molecule has 3 rings (SSSR count). The predicted octanol–water partition coefficient (Wildman–Crippen LogP) is 3.29. The number of nitrogens with zero attached hydrogens (tertiary/aromatic N) is 3. The van der Waals surface area contributed by atoms with Crippen LogP contribution < -0.4 is 10.1 Å². The van der Waals surface area contributed by atoms with Gasteiger partial charge in [0.1, 0.15) is 0 Å². The molecule has 2 heterocycles. The van der Waals surface area contributed by atoms with Crippen molar-refractivity contribution in [3.63, 3.8) is 0 Å². The van der Waals surface area contributed by atoms with Crippen LogP contribution in [0.1, 0.15) is 22.5 Å². The summed E-state index contributed by atoms with van der Waals surface area (Å²) >= 11 is 5.91. The molecule has 27 heavy (non-hydrogen) atoms. The average molecular weight is 385 g/mol. The first-order valence-electron chi connectivity index (χ1n) is 8.61. The zero-order valence-electron chi connectivity index (χ0n) is 15.3. The molecule has 7 heteroatoms. The number of carbonyl (C=O) groups is 1. The van der Waals surface area contributed by atoms with Gasteiger partial charge in [0, 0.05) is 24.0 Å². The summed E-state index contributed by atoms with van der Waals surface area (Å²) in [6.45, 7) is 4.93. The van der Waals surface area contributed by atoms with E-state index in [4.69, 9.17) is 16.3 Å². The Morgan fingerprint density at radius 3 is 2.70 bits per heavy atom. The number of carbonyl (C=O) groups excluding carboxylic acids is 1. The largest absolute Gasteiger partial charge is 0.481 e. The summed E-state index contributed by atoms with van der Waals surface area (Å²) < 4.78 is 7.36. The summed E-state index contributed by atoms with van der Waals surface area (Å²) in [6.07, 6.45) is 1.56. The minimum absolute atomic E-state index is 0.123. The van der Waals surface area contributed by atoms with E-state index in [1.165, 1.54) is 5.56 Å². The average Bonchev–Trinajstić information content (AvgIpc) is 2.93. The molecule has 3 aromatic rings. The zero-order chi connectivity index (χ0) is 19.2. The highest BCUT2D eigenvalue weighted by Gasteiger charge is 2.13. The van der Waals surface area contributed by atoms with Crippen LogP contribution in [0.3, 0.4) is 0 Å². The van der Waals surface area contributed by atoms with Crippen molar-refractivity contribution >= 4 is 17.5 Å². The summed E-state index contributed by atoms with van der Waals surface area (Å²) in [5, 5.41) is 7.70. The van der Waals surface area contributed by atoms with Crippen LogP contribution in [0.2, 0.25) is 5.15 Å². The van der Waals surface area contributed by atoms with Crippen molar-refractivity contribution in [2.45, 2.75) is 26.9 Å². The first kappa shape index (κ1) is 18.9. The lowest BCUT2D eigenvalue weighted by molar-refractivity contribution is -0.123. The van der Waals surface area contributed by atoms with Gasteiger partial charge in [-0.2, -0.15) is 5.10 Å². The highest BCUT2D eigenvalue weighted by molar-refractivity contribution is 6.30. The molecule has 1 amide bonds. The van der Waals surface area contributed by atoms with Crippen molar-refractivity contribution in [1.29, 1.82) is 0 Å². The van der Waals surface area contributed by atoms with Crippen molar-refractivity contribution in [1.82, 2.24) is 20.1 Å². The highest BCUT2D eigenvalue weighted by Crippen LogP contribution is 2.20. The second kappa shape index (κ2) is 8.68. The fraction of sp³-hybridized carbons (Fsp3) is 0.250. The van der Waals surface area contributed by atoms with Crippen LogP contribution in [0.4, 0.5) is 0 Å². The van der Waals surface area contributed by atoms with Gasteiger partial charge >= 0.3 is 0 Å². The Labute approximate surface area is 163 Å². The second-order valence-electron chi connectivity index (χ2n) is 6.15. The lowest BCUT2D eigenvalue weighted by atomic mass is 10.2. The van der Waals surface area contributed by atoms with E-state index in [1.807, 2.05) is 36.7 Å². The van der Waals surface area contributed by atoms with Gasteiger partial charge in [0.05, 0.1) is 12.2 Å². The molecule has 0 aliphatic heterocycles. The molecule has 0 saturated carbocycles. The Hall–Kier alpha value is -2.86. The smallest absolute Gasteiger partial charge is 0.258 e. The summed E-state index contributed by atoms with van der Waals surface area (Å²) in [5.74, 6) is 0.155. The second-order valence-corrected chi connectivity index (χ2v) is 6.51. The number of aromatic nitrogens is 3. The predicted molar refractivity (Wildman–Crippen MR) is 104 cm³/mol. The van der Waals surface area contributed by atoms with Gasteiger partial charge in [-0.15, -0.1) is 0 Å². The maximum absolute atomic E-state index is 12.1. The van der Waals surface area contributed by atoms with Gasteiger partial charge in [-0.1, -0.05) is 41.9 Å². The lowest BCUT2D eigenvalue weighted by Gasteiger charge is -2.09. The molecule has 0 radical (unpaired) electrons. The molecule has 1 aromatic carbocycles. The summed E-state index contributed by atoms with van der Waals surface area (Å²) in [5.41, 5.74) is 4.13. The third kappa shape index (κ3) is 4.86. The van der Waals surface area contributed by atoms with E-state index in [1.54, 1.807) is 18.3 Å². The van der Waals surface area contributed by atoms with Crippen molar-refractivity contribution in [3.8, 4) is 5.75 Å². The fourth-order valence-corrected chi connectivity index (χ4v) is 2.93. The third-order valence-corrected chi connectivity index (χ3v) is 4.54. The first-order valence-corrected chi connectivity index (χ1v) is 8.99. The minimum atomic E-state index is -0.232. The van der Waals surface area contributed by atoms with E-state index in [-0.39, 0.29) is 17.7 Å². The molecule has 0 fully saturated rings. The van der Waals surface area contributed by atoms with Crippen molar-refractivity contribution in [2.75, 3.05) is 6.61 Å². The van der Waals surface area contributed by atoms with Crippen LogP contribution in [-0.4, -0.2) is 27.3 Å². The maximum Gasteiger partial charge on any atom is 0.258 e. The Morgan fingerprint density at radius 2 is 1.96 bits per heavy atom. The fourth-order valence-electron chi connectivity index (χ4n) is 2.76. The summed E-state index contributed by atoms with van der Waals surface area (Å²) in [4.78, 5) is 16.0. The van der Waals surface area contributed by atoms with Crippen molar-refractivity contribution in [3.05, 3.63) is 76.3 Å². The number of hydrogen-bond donors (Lipinski definition) is 1. The monoisotopic (exact) mass is 384 g/mol. The Kier molecular flexibility index (Phi) is 6.08. The number of pyridine rings is 1. The quantitative estimate of drug-likeness (QED) is 0.634. The van der Waals surface area contributed by atoms with Crippen LogP contribution in [0.5, 0.6) is 5.75 Å². The molecular weight excluding hydrogens is 364 g/mol. The van der Waals surface area contributed by atoms with E-state index < -0.39 is 0 Å². The number of ether oxygens (including phenoxy) is 1. The lowest BCUT2D eigenvalue weighted by Crippen LogP contribution is -2.28. The number of halogens is 1. The molecule has 0 saturated heterocycles. The van der Waals surface area contributed by atoms with Gasteiger partial charge in [0.15, 0.2) is 17.5 Å². The van der Waals surface area contributed by atoms with Gasteiger partial charge in [-0.05, 0) is 31.5 Å². The Morgan fingerprint density at radius 1 is 1.19 bits per heavy atom. The molecule has 0 unspecified atom stereocenters. The highest BCUT2D eigenvalue weighted by atomic mass is 35.5. The van der Waals surface area contributed by atoms with Crippen LogP contribution in [-0.2, 0) is 17.9 Å². The van der Waals surface area contributed by atoms with Crippen LogP contribution in [0.15, 0.2) is 48.7 Å². The molecule has 0 atom stereocenters. The van der Waals surface area contributed by atoms with Crippen LogP contribution in [0, 0.1) is 13.8 Å². The number of aryl methyl sites for hydroxylation is 1. The molecule has 0 aliphatic carbocycles. The Balaban J connectivity index is 1.57. The molecule has 0 bridgehead atoms. The molecule has 0 aliphatic rings. The van der Waals surface area contributed by atoms with E-state index >= 15 is 0 Å². The normalized spacial score (nSPS) is 10.6. The van der Waals surface area contributed by atoms with Gasteiger partial charge in [0.25, 0.3) is 5.91 Å². The van der Waals surface area contributed by atoms with Crippen molar-refractivity contribution in [2.24, 2.45) is 0 Å². The molecule has 2 aromatic heterocycles. The Bertz CT molecular complexity index is 925. The SMILES string of the molecule is Cc1nn(Cc2ccccc2)c(C)c1CNC(=O)COc1cccnc1Cl. The minimum Gasteiger partial charge on any atom is -0.481 e. The van der Waals surface area contributed by atoms with Crippen LogP contribution in [0.25, 0.3) is 0 Å². The van der Waals surface area contributed by atoms with E-state index in [0.717, 1.165) is 17.0 Å². The topological polar surface area (TPSA) is 69.0 Å². The van der Waals surface area contributed by atoms with Crippen molar-refractivity contribution < 1.29 is 9.53 Å². The van der Waals surface area contributed by atoms with Gasteiger partial charge in [-0.25, -0.2) is 4.98 Å². The maximum atomic E-state index is 12.1.